The summed E-state index contributed by atoms with van der Waals surface area (Å²) in [5.41, 5.74) is 3.41. The Hall–Kier alpha value is -0.880. The molecule has 0 aliphatic heterocycles. The van der Waals surface area contributed by atoms with E-state index in [1.54, 1.807) is 11.3 Å². The highest BCUT2D eigenvalue weighted by molar-refractivity contribution is 7.09. The van der Waals surface area contributed by atoms with Crippen molar-refractivity contribution in [3.8, 4) is 6.07 Å². The first-order chi connectivity index (χ1) is 8.46. The van der Waals surface area contributed by atoms with Gasteiger partial charge >= 0.3 is 0 Å². The van der Waals surface area contributed by atoms with Crippen LogP contribution in [0.15, 0.2) is 5.51 Å². The van der Waals surface area contributed by atoms with Gasteiger partial charge in [-0.1, -0.05) is 13.8 Å². The van der Waals surface area contributed by atoms with E-state index in [1.165, 1.54) is 17.7 Å². The second kappa shape index (κ2) is 5.01. The molecule has 3 heteroatoms. The quantitative estimate of drug-likeness (QED) is 0.804. The van der Waals surface area contributed by atoms with E-state index in [2.05, 4.69) is 31.8 Å². The van der Waals surface area contributed by atoms with Crippen molar-refractivity contribution < 1.29 is 0 Å². The van der Waals surface area contributed by atoms with Crippen LogP contribution < -0.4 is 0 Å². The Kier molecular flexibility index (Phi) is 3.77. The molecule has 1 aliphatic carbocycles. The van der Waals surface area contributed by atoms with Gasteiger partial charge in [0, 0.05) is 4.88 Å². The number of nitrogens with zero attached hydrogens (tertiary/aromatic N) is 2. The molecule has 1 fully saturated rings. The smallest absolute Gasteiger partial charge is 0.0797 e. The molecule has 0 bridgehead atoms. The normalized spacial score (nSPS) is 21.4. The maximum Gasteiger partial charge on any atom is 0.0797 e. The summed E-state index contributed by atoms with van der Waals surface area (Å²) in [4.78, 5) is 5.64. The zero-order valence-corrected chi connectivity index (χ0v) is 12.4. The number of nitriles is 1. The van der Waals surface area contributed by atoms with Crippen LogP contribution in [0.1, 0.15) is 56.5 Å². The molecule has 2 nitrogen and oxygen atoms in total. The van der Waals surface area contributed by atoms with E-state index in [0.717, 1.165) is 31.4 Å². The molecule has 1 aromatic rings. The first-order valence-corrected chi connectivity index (χ1v) is 7.65. The topological polar surface area (TPSA) is 36.7 Å². The summed E-state index contributed by atoms with van der Waals surface area (Å²) in [6.45, 7) is 6.71. The lowest BCUT2D eigenvalue weighted by Crippen LogP contribution is -2.30. The maximum atomic E-state index is 9.55. The van der Waals surface area contributed by atoms with E-state index in [-0.39, 0.29) is 5.41 Å². The van der Waals surface area contributed by atoms with Crippen LogP contribution in [0.2, 0.25) is 0 Å². The lowest BCUT2D eigenvalue weighted by atomic mass is 9.64. The predicted octanol–water partition coefficient (Wildman–Crippen LogP) is 4.49. The van der Waals surface area contributed by atoms with Crippen LogP contribution in [0.4, 0.5) is 0 Å². The molecule has 1 aromatic heterocycles. The molecule has 0 unspecified atom stereocenters. The highest BCUT2D eigenvalue weighted by atomic mass is 32.1. The van der Waals surface area contributed by atoms with E-state index in [4.69, 9.17) is 0 Å². The van der Waals surface area contributed by atoms with Crippen molar-refractivity contribution in [1.29, 1.82) is 5.26 Å². The van der Waals surface area contributed by atoms with Gasteiger partial charge in [0.2, 0.25) is 0 Å². The SMILES string of the molecule is Cc1ncsc1CCC1(C#N)CCC(C)(C)CC1. The van der Waals surface area contributed by atoms with Crippen molar-refractivity contribution in [1.82, 2.24) is 4.98 Å². The third kappa shape index (κ3) is 2.92. The summed E-state index contributed by atoms with van der Waals surface area (Å²) in [6, 6.07) is 2.62. The van der Waals surface area contributed by atoms with Gasteiger partial charge in [0.15, 0.2) is 0 Å². The number of hydrogen-bond acceptors (Lipinski definition) is 3. The molecule has 0 aromatic carbocycles. The largest absolute Gasteiger partial charge is 0.250 e. The molecule has 1 saturated carbocycles. The van der Waals surface area contributed by atoms with Gasteiger partial charge in [-0.25, -0.2) is 4.98 Å². The van der Waals surface area contributed by atoms with Gasteiger partial charge in [0.1, 0.15) is 0 Å². The molecule has 2 rings (SSSR count). The van der Waals surface area contributed by atoms with Crippen LogP contribution >= 0.6 is 11.3 Å². The minimum absolute atomic E-state index is 0.0774. The Morgan fingerprint density at radius 3 is 2.50 bits per heavy atom. The fraction of sp³-hybridized carbons (Fsp3) is 0.733. The molecule has 0 spiro atoms. The molecular weight excluding hydrogens is 240 g/mol. The Morgan fingerprint density at radius 1 is 1.33 bits per heavy atom. The lowest BCUT2D eigenvalue weighted by Gasteiger charge is -2.39. The van der Waals surface area contributed by atoms with Gasteiger partial charge in [-0.2, -0.15) is 5.26 Å². The summed E-state index contributed by atoms with van der Waals surface area (Å²) in [5.74, 6) is 0. The van der Waals surface area contributed by atoms with Crippen molar-refractivity contribution in [3.63, 3.8) is 0 Å². The first-order valence-electron chi connectivity index (χ1n) is 6.77. The molecule has 18 heavy (non-hydrogen) atoms. The molecule has 1 aliphatic rings. The molecule has 0 amide bonds. The molecule has 0 radical (unpaired) electrons. The summed E-state index contributed by atoms with van der Waals surface area (Å²) in [7, 11) is 0. The average Bonchev–Trinajstić information content (AvgIpc) is 2.75. The van der Waals surface area contributed by atoms with Crippen LogP contribution in [-0.2, 0) is 6.42 Å². The van der Waals surface area contributed by atoms with Gasteiger partial charge in [0.05, 0.1) is 22.7 Å². The number of thiazole rings is 1. The third-order valence-electron chi connectivity index (χ3n) is 4.47. The molecule has 0 saturated heterocycles. The Labute approximate surface area is 114 Å². The number of aryl methyl sites for hydroxylation is 2. The molecule has 0 N–H and O–H groups in total. The third-order valence-corrected chi connectivity index (χ3v) is 5.47. The fourth-order valence-electron chi connectivity index (χ4n) is 2.74. The average molecular weight is 262 g/mol. The second-order valence-corrected chi connectivity index (χ2v) is 7.36. The Morgan fingerprint density at radius 2 is 2.00 bits per heavy atom. The molecular formula is C15H22N2S. The van der Waals surface area contributed by atoms with Crippen molar-refractivity contribution in [3.05, 3.63) is 16.1 Å². The highest BCUT2D eigenvalue weighted by Crippen LogP contribution is 2.47. The number of rotatable bonds is 3. The minimum Gasteiger partial charge on any atom is -0.250 e. The second-order valence-electron chi connectivity index (χ2n) is 6.42. The zero-order chi connectivity index (χ0) is 13.2. The fourth-order valence-corrected chi connectivity index (χ4v) is 3.52. The van der Waals surface area contributed by atoms with Gasteiger partial charge in [-0.05, 0) is 50.9 Å². The van der Waals surface area contributed by atoms with Gasteiger partial charge in [-0.3, -0.25) is 0 Å². The van der Waals surface area contributed by atoms with E-state index >= 15 is 0 Å². The maximum absolute atomic E-state index is 9.55. The summed E-state index contributed by atoms with van der Waals surface area (Å²) >= 11 is 1.73. The van der Waals surface area contributed by atoms with Gasteiger partial charge < -0.3 is 0 Å². The summed E-state index contributed by atoms with van der Waals surface area (Å²) < 4.78 is 0. The van der Waals surface area contributed by atoms with Crippen molar-refractivity contribution in [2.75, 3.05) is 0 Å². The monoisotopic (exact) mass is 262 g/mol. The van der Waals surface area contributed by atoms with Crippen LogP contribution in [0.25, 0.3) is 0 Å². The standard InChI is InChI=1S/C15H22N2S/c1-12-13(18-11-17-12)4-5-15(10-16)8-6-14(2,3)7-9-15/h11H,4-9H2,1-3H3. The lowest BCUT2D eigenvalue weighted by molar-refractivity contribution is 0.139. The minimum atomic E-state index is -0.0774. The number of aromatic nitrogens is 1. The van der Waals surface area contributed by atoms with E-state index < -0.39 is 0 Å². The van der Waals surface area contributed by atoms with Gasteiger partial charge in [0.25, 0.3) is 0 Å². The van der Waals surface area contributed by atoms with Crippen LogP contribution in [0.5, 0.6) is 0 Å². The van der Waals surface area contributed by atoms with E-state index in [1.807, 2.05) is 5.51 Å². The highest BCUT2D eigenvalue weighted by Gasteiger charge is 2.38. The molecule has 0 atom stereocenters. The summed E-state index contributed by atoms with van der Waals surface area (Å²) in [6.07, 6.45) is 6.51. The first kappa shape index (κ1) is 13.5. The Bertz CT molecular complexity index is 443. The summed E-state index contributed by atoms with van der Waals surface area (Å²) in [5, 5.41) is 9.55. The van der Waals surface area contributed by atoms with Crippen molar-refractivity contribution in [2.24, 2.45) is 10.8 Å². The van der Waals surface area contributed by atoms with E-state index in [9.17, 15) is 5.26 Å². The van der Waals surface area contributed by atoms with Crippen LogP contribution in [-0.4, -0.2) is 4.98 Å². The van der Waals surface area contributed by atoms with Crippen molar-refractivity contribution >= 4 is 11.3 Å². The van der Waals surface area contributed by atoms with E-state index in [0.29, 0.717) is 5.41 Å². The Balaban J connectivity index is 1.98. The predicted molar refractivity (Wildman–Crippen MR) is 75.5 cm³/mol. The van der Waals surface area contributed by atoms with Crippen LogP contribution in [0, 0.1) is 29.1 Å². The van der Waals surface area contributed by atoms with Crippen molar-refractivity contribution in [2.45, 2.75) is 59.3 Å². The van der Waals surface area contributed by atoms with Gasteiger partial charge in [-0.15, -0.1) is 11.3 Å². The molecule has 1 heterocycles. The zero-order valence-electron chi connectivity index (χ0n) is 11.6. The van der Waals surface area contributed by atoms with Crippen LogP contribution in [0.3, 0.4) is 0 Å². The number of hydrogen-bond donors (Lipinski definition) is 0. The molecule has 98 valence electrons.